The Labute approximate surface area is 199 Å². The van der Waals surface area contributed by atoms with Crippen molar-refractivity contribution in [1.82, 2.24) is 9.88 Å². The molecule has 0 spiro atoms. The summed E-state index contributed by atoms with van der Waals surface area (Å²) in [5.74, 6) is 0.182. The lowest BCUT2D eigenvalue weighted by molar-refractivity contribution is -0.119. The molecule has 2 aromatic carbocycles. The van der Waals surface area contributed by atoms with Gasteiger partial charge < -0.3 is 19.7 Å². The van der Waals surface area contributed by atoms with Gasteiger partial charge in [0.2, 0.25) is 5.91 Å². The van der Waals surface area contributed by atoms with E-state index in [0.29, 0.717) is 34.2 Å². The van der Waals surface area contributed by atoms with Gasteiger partial charge in [-0.15, -0.1) is 0 Å². The van der Waals surface area contributed by atoms with E-state index in [9.17, 15) is 9.59 Å². The summed E-state index contributed by atoms with van der Waals surface area (Å²) < 4.78 is 10.9. The Morgan fingerprint density at radius 1 is 1.06 bits per heavy atom. The number of pyridine rings is 1. The van der Waals surface area contributed by atoms with Crippen LogP contribution in [0.25, 0.3) is 0 Å². The molecule has 0 aliphatic carbocycles. The number of ether oxygens (including phenoxy) is 2. The normalized spacial score (nSPS) is 17.4. The van der Waals surface area contributed by atoms with Crippen molar-refractivity contribution in [3.05, 3.63) is 83.2 Å². The van der Waals surface area contributed by atoms with Crippen LogP contribution in [0.1, 0.15) is 58.8 Å². The molecule has 2 amide bonds. The summed E-state index contributed by atoms with van der Waals surface area (Å²) in [4.78, 5) is 33.0. The predicted octanol–water partition coefficient (Wildman–Crippen LogP) is 4.77. The fraction of sp³-hybridized carbons (Fsp3) is 0.296. The van der Waals surface area contributed by atoms with Crippen LogP contribution in [0.4, 0.5) is 5.69 Å². The Kier molecular flexibility index (Phi) is 6.54. The van der Waals surface area contributed by atoms with Crippen molar-refractivity contribution in [1.29, 1.82) is 0 Å². The van der Waals surface area contributed by atoms with Gasteiger partial charge >= 0.3 is 0 Å². The summed E-state index contributed by atoms with van der Waals surface area (Å²) in [6, 6.07) is 14.3. The number of anilines is 1. The third kappa shape index (κ3) is 4.21. The van der Waals surface area contributed by atoms with Crippen molar-refractivity contribution in [3.8, 4) is 11.5 Å². The highest BCUT2D eigenvalue weighted by atomic mass is 16.5. The molecule has 0 bridgehead atoms. The lowest BCUT2D eigenvalue weighted by Crippen LogP contribution is -2.44. The molecule has 1 aliphatic rings. The molecule has 3 aromatic rings. The van der Waals surface area contributed by atoms with Crippen LogP contribution in [0.3, 0.4) is 0 Å². The first-order valence-corrected chi connectivity index (χ1v) is 11.2. The van der Waals surface area contributed by atoms with Crippen LogP contribution in [0.15, 0.2) is 60.9 Å². The molecule has 176 valence electrons. The maximum atomic E-state index is 13.8. The van der Waals surface area contributed by atoms with Crippen molar-refractivity contribution in [2.24, 2.45) is 0 Å². The van der Waals surface area contributed by atoms with Gasteiger partial charge in [-0.1, -0.05) is 32.0 Å². The highest BCUT2D eigenvalue weighted by Gasteiger charge is 2.43. The van der Waals surface area contributed by atoms with Crippen molar-refractivity contribution < 1.29 is 19.1 Å². The Morgan fingerprint density at radius 2 is 1.74 bits per heavy atom. The van der Waals surface area contributed by atoms with Gasteiger partial charge in [-0.25, -0.2) is 0 Å². The molecule has 2 heterocycles. The summed E-state index contributed by atoms with van der Waals surface area (Å²) in [7, 11) is 4.76. The number of carbonyl (C=O) groups excluding carboxylic acids is 2. The lowest BCUT2D eigenvalue weighted by atomic mass is 9.79. The third-order valence-electron chi connectivity index (χ3n) is 6.33. The van der Waals surface area contributed by atoms with Gasteiger partial charge in [-0.3, -0.25) is 14.6 Å². The Balaban J connectivity index is 1.82. The van der Waals surface area contributed by atoms with Crippen molar-refractivity contribution >= 4 is 17.5 Å². The maximum Gasteiger partial charge on any atom is 0.254 e. The molecular formula is C27H29N3O4. The number of amides is 2. The van der Waals surface area contributed by atoms with Crippen LogP contribution in [0.2, 0.25) is 0 Å². The van der Waals surface area contributed by atoms with Gasteiger partial charge in [0.1, 0.15) is 0 Å². The molecule has 0 fully saturated rings. The molecule has 7 heteroatoms. The number of likely N-dealkylation sites (N-methyl/N-ethyl adjacent to an activating group) is 1. The molecule has 1 aliphatic heterocycles. The van der Waals surface area contributed by atoms with Crippen LogP contribution in [0, 0.1) is 0 Å². The van der Waals surface area contributed by atoms with E-state index < -0.39 is 12.0 Å². The average Bonchev–Trinajstić information content (AvgIpc) is 2.85. The standard InChI is InChI=1S/C27H29N3O4/c1-16(2)17-8-10-19(11-9-17)29-26(31)24-20-13-22(33-4)23(34-5)14-21(20)27(32)30(3)25(24)18-7-6-12-28-15-18/h6-16,24-25H,1-5H3,(H,29,31). The van der Waals surface area contributed by atoms with Gasteiger partial charge in [0.05, 0.1) is 26.2 Å². The second kappa shape index (κ2) is 9.55. The molecule has 4 rings (SSSR count). The number of benzene rings is 2. The van der Waals surface area contributed by atoms with Crippen molar-refractivity contribution in [3.63, 3.8) is 0 Å². The smallest absolute Gasteiger partial charge is 0.254 e. The van der Waals surface area contributed by atoms with Gasteiger partial charge in [-0.05, 0) is 52.9 Å². The second-order valence-electron chi connectivity index (χ2n) is 8.69. The summed E-state index contributed by atoms with van der Waals surface area (Å²) in [5.41, 5.74) is 3.66. The van der Waals surface area contributed by atoms with E-state index in [0.717, 1.165) is 5.56 Å². The first kappa shape index (κ1) is 23.3. The zero-order valence-electron chi connectivity index (χ0n) is 20.0. The number of nitrogens with one attached hydrogen (secondary N) is 1. The SMILES string of the molecule is COc1cc2c(cc1OC)C(C(=O)Nc1ccc(C(C)C)cc1)C(c1cccnc1)N(C)C2=O. The fourth-order valence-electron chi connectivity index (χ4n) is 4.47. The van der Waals surface area contributed by atoms with Crippen LogP contribution >= 0.6 is 0 Å². The van der Waals surface area contributed by atoms with Crippen molar-refractivity contribution in [2.75, 3.05) is 26.6 Å². The first-order chi connectivity index (χ1) is 16.3. The molecule has 2 unspecified atom stereocenters. The Bertz CT molecular complexity index is 1190. The summed E-state index contributed by atoms with van der Waals surface area (Å²) in [6.07, 6.45) is 3.36. The number of methoxy groups -OCH3 is 2. The molecule has 0 radical (unpaired) electrons. The molecule has 34 heavy (non-hydrogen) atoms. The predicted molar refractivity (Wildman–Crippen MR) is 131 cm³/mol. The van der Waals surface area contributed by atoms with E-state index in [-0.39, 0.29) is 11.8 Å². The molecule has 1 N–H and O–H groups in total. The number of nitrogens with zero attached hydrogens (tertiary/aromatic N) is 2. The topological polar surface area (TPSA) is 80.8 Å². The summed E-state index contributed by atoms with van der Waals surface area (Å²) in [6.45, 7) is 4.25. The second-order valence-corrected chi connectivity index (χ2v) is 8.69. The van der Waals surface area contributed by atoms with E-state index in [1.807, 2.05) is 30.3 Å². The Morgan fingerprint density at radius 3 is 2.32 bits per heavy atom. The number of aromatic nitrogens is 1. The van der Waals surface area contributed by atoms with E-state index in [1.165, 1.54) is 19.8 Å². The minimum absolute atomic E-state index is 0.199. The highest BCUT2D eigenvalue weighted by Crippen LogP contribution is 2.45. The van der Waals surface area contributed by atoms with Gasteiger partial charge in [0.25, 0.3) is 5.91 Å². The largest absolute Gasteiger partial charge is 0.493 e. The molecule has 0 saturated carbocycles. The molecule has 2 atom stereocenters. The zero-order chi connectivity index (χ0) is 24.4. The maximum absolute atomic E-state index is 13.8. The van der Waals surface area contributed by atoms with Gasteiger partial charge in [0.15, 0.2) is 11.5 Å². The van der Waals surface area contributed by atoms with E-state index >= 15 is 0 Å². The van der Waals surface area contributed by atoms with Crippen molar-refractivity contribution in [2.45, 2.75) is 31.7 Å². The highest BCUT2D eigenvalue weighted by molar-refractivity contribution is 6.04. The third-order valence-corrected chi connectivity index (χ3v) is 6.33. The summed E-state index contributed by atoms with van der Waals surface area (Å²) >= 11 is 0. The number of rotatable bonds is 6. The molecule has 1 aromatic heterocycles. The van der Waals surface area contributed by atoms with Crippen LogP contribution < -0.4 is 14.8 Å². The Hall–Kier alpha value is -3.87. The first-order valence-electron chi connectivity index (χ1n) is 11.2. The number of hydrogen-bond acceptors (Lipinski definition) is 5. The number of hydrogen-bond donors (Lipinski definition) is 1. The van der Waals surface area contributed by atoms with Crippen LogP contribution in [0.5, 0.6) is 11.5 Å². The van der Waals surface area contributed by atoms with Gasteiger partial charge in [0, 0.05) is 30.7 Å². The van der Waals surface area contributed by atoms with E-state index in [2.05, 4.69) is 24.1 Å². The molecule has 0 saturated heterocycles. The molecular weight excluding hydrogens is 430 g/mol. The van der Waals surface area contributed by atoms with Crippen LogP contribution in [-0.4, -0.2) is 43.0 Å². The fourth-order valence-corrected chi connectivity index (χ4v) is 4.47. The van der Waals surface area contributed by atoms with E-state index in [4.69, 9.17) is 9.47 Å². The summed E-state index contributed by atoms with van der Waals surface area (Å²) in [5, 5.41) is 3.05. The van der Waals surface area contributed by atoms with Crippen LogP contribution in [-0.2, 0) is 4.79 Å². The monoisotopic (exact) mass is 459 g/mol. The number of fused-ring (bicyclic) bond motifs is 1. The quantitative estimate of drug-likeness (QED) is 0.574. The van der Waals surface area contributed by atoms with Gasteiger partial charge in [-0.2, -0.15) is 0 Å². The lowest BCUT2D eigenvalue weighted by Gasteiger charge is -2.39. The van der Waals surface area contributed by atoms with E-state index in [1.54, 1.807) is 42.5 Å². The minimum Gasteiger partial charge on any atom is -0.493 e. The minimum atomic E-state index is -0.688. The number of carbonyl (C=O) groups is 2. The molecule has 7 nitrogen and oxygen atoms in total. The average molecular weight is 460 g/mol. The zero-order valence-corrected chi connectivity index (χ0v) is 20.0.